The van der Waals surface area contributed by atoms with Gasteiger partial charge in [-0.15, -0.1) is 0 Å². The van der Waals surface area contributed by atoms with Gasteiger partial charge in [-0.3, -0.25) is 4.58 Å². The predicted molar refractivity (Wildman–Crippen MR) is 65.6 cm³/mol. The van der Waals surface area contributed by atoms with Crippen LogP contribution >= 0.6 is 0 Å². The van der Waals surface area contributed by atoms with E-state index in [0.717, 1.165) is 37.4 Å². The molecule has 16 heavy (non-hydrogen) atoms. The Kier molecular flexibility index (Phi) is 7.65. The van der Waals surface area contributed by atoms with Gasteiger partial charge in [0.2, 0.25) is 8.32 Å². The summed E-state index contributed by atoms with van der Waals surface area (Å²) in [5, 5.41) is 0. The Morgan fingerprint density at radius 2 is 1.12 bits per heavy atom. The van der Waals surface area contributed by atoms with Gasteiger partial charge in [0.1, 0.15) is 0 Å². The van der Waals surface area contributed by atoms with Gasteiger partial charge >= 0.3 is 9.05 Å². The Labute approximate surface area is 99.6 Å². The van der Waals surface area contributed by atoms with Crippen molar-refractivity contribution in [2.45, 2.75) is 58.2 Å². The van der Waals surface area contributed by atoms with Crippen molar-refractivity contribution in [3.63, 3.8) is 0 Å². The minimum Gasteiger partial charge on any atom is -0.366 e. The molecule has 0 aliphatic carbocycles. The van der Waals surface area contributed by atoms with E-state index in [1.54, 1.807) is 0 Å². The van der Waals surface area contributed by atoms with E-state index in [9.17, 15) is 0 Å². The molecule has 0 saturated carbocycles. The Hall–Kier alpha value is 0.234. The Morgan fingerprint density at radius 1 is 0.750 bits per heavy atom. The quantitative estimate of drug-likeness (QED) is 0.336. The van der Waals surface area contributed by atoms with Gasteiger partial charge in [-0.05, 0) is 18.1 Å². The van der Waals surface area contributed by atoms with E-state index in [-0.39, 0.29) is 0 Å². The largest absolute Gasteiger partial charge is 0.698 e. The fourth-order valence-corrected chi connectivity index (χ4v) is 6.90. The van der Waals surface area contributed by atoms with E-state index in [1.165, 1.54) is 0 Å². The smallest absolute Gasteiger partial charge is 0.366 e. The van der Waals surface area contributed by atoms with Gasteiger partial charge in [-0.2, -0.15) is 0 Å². The molecule has 3 N–H and O–H groups in total. The fourth-order valence-electron chi connectivity index (χ4n) is 2.01. The first-order valence-electron chi connectivity index (χ1n) is 5.93. The highest BCUT2D eigenvalue weighted by atomic mass is 28.4. The van der Waals surface area contributed by atoms with Gasteiger partial charge in [-0.25, -0.2) is 4.58 Å². The Morgan fingerprint density at radius 3 is 1.38 bits per heavy atom. The average molecular weight is 268 g/mol. The van der Waals surface area contributed by atoms with Crippen LogP contribution in [-0.2, 0) is 9.15 Å². The van der Waals surface area contributed by atoms with E-state index < -0.39 is 17.4 Å². The topological polar surface area (TPSA) is 79.2 Å². The van der Waals surface area contributed by atoms with Crippen LogP contribution in [-0.4, -0.2) is 31.8 Å². The normalized spacial score (nSPS) is 13.1. The van der Waals surface area contributed by atoms with Crippen molar-refractivity contribution >= 4 is 17.4 Å². The molecule has 0 aromatic rings. The van der Waals surface area contributed by atoms with Gasteiger partial charge in [0.25, 0.3) is 0 Å². The molecular formula is C9H24O5Si2. The molecule has 0 unspecified atom stereocenters. The van der Waals surface area contributed by atoms with E-state index >= 15 is 0 Å². The van der Waals surface area contributed by atoms with Crippen LogP contribution in [0.4, 0.5) is 0 Å². The Balaban J connectivity index is 4.46. The summed E-state index contributed by atoms with van der Waals surface area (Å²) in [7, 11) is -6.61. The maximum absolute atomic E-state index is 8.81. The summed E-state index contributed by atoms with van der Waals surface area (Å²) in [6.07, 6.45) is 2.94. The monoisotopic (exact) mass is 268 g/mol. The zero-order valence-corrected chi connectivity index (χ0v) is 12.4. The molecule has 0 aromatic carbocycles. The lowest BCUT2D eigenvalue weighted by Crippen LogP contribution is -2.46. The second kappa shape index (κ2) is 7.54. The summed E-state index contributed by atoms with van der Waals surface area (Å²) in [5.41, 5.74) is 0. The number of hydrogen-bond acceptors (Lipinski definition) is 5. The van der Waals surface area contributed by atoms with Gasteiger partial charge in [-0.1, -0.05) is 40.0 Å². The summed E-state index contributed by atoms with van der Waals surface area (Å²) in [4.78, 5) is 26.4. The van der Waals surface area contributed by atoms with Crippen LogP contribution in [0.25, 0.3) is 0 Å². The molecule has 0 radical (unpaired) electrons. The molecule has 0 bridgehead atoms. The highest BCUT2D eigenvalue weighted by Gasteiger charge is 2.40. The summed E-state index contributed by atoms with van der Waals surface area (Å²) >= 11 is 0. The van der Waals surface area contributed by atoms with Crippen molar-refractivity contribution in [2.75, 3.05) is 0 Å². The maximum atomic E-state index is 8.81. The van der Waals surface area contributed by atoms with Crippen LogP contribution in [0, 0.1) is 0 Å². The van der Waals surface area contributed by atoms with Crippen LogP contribution < -0.4 is 0 Å². The predicted octanol–water partition coefficient (Wildman–Crippen LogP) is 1.52. The van der Waals surface area contributed by atoms with Crippen LogP contribution in [0.1, 0.15) is 40.0 Å². The molecule has 98 valence electrons. The highest BCUT2D eigenvalue weighted by molar-refractivity contribution is 6.73. The molecule has 0 spiro atoms. The molecule has 5 nitrogen and oxygen atoms in total. The molecule has 7 heteroatoms. The van der Waals surface area contributed by atoms with E-state index in [1.807, 2.05) is 0 Å². The molecule has 0 rings (SSSR count). The van der Waals surface area contributed by atoms with Crippen molar-refractivity contribution in [3.8, 4) is 0 Å². The van der Waals surface area contributed by atoms with E-state index in [2.05, 4.69) is 25.3 Å². The molecule has 0 aliphatic heterocycles. The zero-order valence-electron chi connectivity index (χ0n) is 10.4. The highest BCUT2D eigenvalue weighted by Crippen LogP contribution is 2.28. The van der Waals surface area contributed by atoms with Gasteiger partial charge < -0.3 is 14.4 Å². The second-order valence-corrected chi connectivity index (χ2v) is 9.52. The summed E-state index contributed by atoms with van der Waals surface area (Å²) in [6, 6.07) is 2.75. The zero-order chi connectivity index (χ0) is 12.7. The van der Waals surface area contributed by atoms with Crippen molar-refractivity contribution in [1.29, 1.82) is 0 Å². The van der Waals surface area contributed by atoms with Gasteiger partial charge in [0.15, 0.2) is 0 Å². The number of rotatable bonds is 9. The fraction of sp³-hybridized carbons (Fsp3) is 1.00. The lowest BCUT2D eigenvalue weighted by atomic mass is 10.6. The third kappa shape index (κ3) is 6.74. The average Bonchev–Trinajstić information content (AvgIpc) is 2.15. The second-order valence-electron chi connectivity index (χ2n) is 4.17. The first-order valence-corrected chi connectivity index (χ1v) is 10.2. The van der Waals surface area contributed by atoms with Crippen molar-refractivity contribution in [1.82, 2.24) is 0 Å². The van der Waals surface area contributed by atoms with E-state index in [0.29, 0.717) is 0 Å². The molecule has 0 aliphatic rings. The molecule has 0 amide bonds. The molecule has 0 heterocycles. The molecular weight excluding hydrogens is 244 g/mol. The Bertz CT molecular complexity index is 166. The van der Waals surface area contributed by atoms with Crippen LogP contribution in [0.3, 0.4) is 0 Å². The SMILES string of the molecule is CCC[Si](CCC)(CCC)OO[Si](O)(O)O. The maximum Gasteiger partial charge on any atom is 0.698 e. The van der Waals surface area contributed by atoms with Crippen LogP contribution in [0.5, 0.6) is 0 Å². The molecule has 0 saturated heterocycles. The van der Waals surface area contributed by atoms with Crippen LogP contribution in [0.2, 0.25) is 18.1 Å². The first-order chi connectivity index (χ1) is 7.39. The minimum atomic E-state index is -4.54. The van der Waals surface area contributed by atoms with Crippen LogP contribution in [0.15, 0.2) is 0 Å². The summed E-state index contributed by atoms with van der Waals surface area (Å²) in [5.74, 6) is 0. The third-order valence-electron chi connectivity index (χ3n) is 2.45. The lowest BCUT2D eigenvalue weighted by Gasteiger charge is -2.30. The summed E-state index contributed by atoms with van der Waals surface area (Å²) < 4.78 is 9.69. The van der Waals surface area contributed by atoms with Crippen molar-refractivity contribution in [2.24, 2.45) is 0 Å². The first kappa shape index (κ1) is 16.2. The number of hydrogen-bond donors (Lipinski definition) is 3. The van der Waals surface area contributed by atoms with E-state index in [4.69, 9.17) is 19.0 Å². The molecule has 0 atom stereocenters. The minimum absolute atomic E-state index is 0.916. The van der Waals surface area contributed by atoms with Gasteiger partial charge in [0.05, 0.1) is 0 Å². The summed E-state index contributed by atoms with van der Waals surface area (Å²) in [6.45, 7) is 6.20. The standard InChI is InChI=1S/C9H24O5Si2/c1-4-7-15(8-5-2,9-6-3)13-14-16(10,11)12/h10-12H,4-9H2,1-3H3. The third-order valence-corrected chi connectivity index (χ3v) is 7.59. The van der Waals surface area contributed by atoms with Gasteiger partial charge in [0, 0.05) is 0 Å². The molecule has 0 fully saturated rings. The lowest BCUT2D eigenvalue weighted by molar-refractivity contribution is -0.189. The van der Waals surface area contributed by atoms with Crippen molar-refractivity contribution in [3.05, 3.63) is 0 Å². The van der Waals surface area contributed by atoms with Crippen molar-refractivity contribution < 1.29 is 23.5 Å². The molecule has 0 aromatic heterocycles.